The number of hydrogen-bond acceptors (Lipinski definition) is 4. The Hall–Kier alpha value is -1.39. The third kappa shape index (κ3) is 1.94. The van der Waals surface area contributed by atoms with E-state index in [1.54, 1.807) is 32.5 Å². The van der Waals surface area contributed by atoms with Crippen molar-refractivity contribution in [1.82, 2.24) is 4.98 Å². The molecule has 0 aliphatic carbocycles. The molecule has 16 heavy (non-hydrogen) atoms. The molecule has 1 atom stereocenters. The summed E-state index contributed by atoms with van der Waals surface area (Å²) in [7, 11) is 1.58. The van der Waals surface area contributed by atoms with Crippen LogP contribution in [0.2, 0.25) is 0 Å². The summed E-state index contributed by atoms with van der Waals surface area (Å²) in [5.74, 6) is 0.648. The quantitative estimate of drug-likeness (QED) is 0.888. The van der Waals surface area contributed by atoms with Gasteiger partial charge in [0.1, 0.15) is 11.4 Å². The Balaban J connectivity index is 2.42. The maximum absolute atomic E-state index is 10.5. The van der Waals surface area contributed by atoms with Gasteiger partial charge in [0.25, 0.3) is 0 Å². The van der Waals surface area contributed by atoms with Crippen molar-refractivity contribution < 1.29 is 9.84 Å². The van der Waals surface area contributed by atoms with Crippen molar-refractivity contribution >= 4 is 11.3 Å². The molecular formula is C12H13NO2S. The van der Waals surface area contributed by atoms with Crippen LogP contribution < -0.4 is 4.74 Å². The summed E-state index contributed by atoms with van der Waals surface area (Å²) < 4.78 is 5.10. The molecular weight excluding hydrogens is 222 g/mol. The number of hydrogen-bond donors (Lipinski definition) is 1. The van der Waals surface area contributed by atoms with Crippen molar-refractivity contribution in [1.29, 1.82) is 0 Å². The second-order valence-corrected chi connectivity index (χ2v) is 4.61. The standard InChI is InChI=1S/C12H13NO2S/c1-12(14,11-4-3-5-16-11)9-6-10(15-2)8-13-7-9/h3-8,14H,1-2H3. The highest BCUT2D eigenvalue weighted by Gasteiger charge is 2.27. The minimum absolute atomic E-state index is 0.648. The maximum Gasteiger partial charge on any atom is 0.137 e. The summed E-state index contributed by atoms with van der Waals surface area (Å²) in [5, 5.41) is 12.4. The fraction of sp³-hybridized carbons (Fsp3) is 0.250. The molecule has 0 aliphatic heterocycles. The van der Waals surface area contributed by atoms with E-state index in [4.69, 9.17) is 4.74 Å². The molecule has 0 fully saturated rings. The maximum atomic E-state index is 10.5. The van der Waals surface area contributed by atoms with E-state index in [-0.39, 0.29) is 0 Å². The largest absolute Gasteiger partial charge is 0.495 e. The summed E-state index contributed by atoms with van der Waals surface area (Å²) in [6.45, 7) is 1.76. The van der Waals surface area contributed by atoms with Gasteiger partial charge in [-0.05, 0) is 24.4 Å². The molecule has 0 amide bonds. The third-order valence-electron chi connectivity index (χ3n) is 2.51. The predicted octanol–water partition coefficient (Wildman–Crippen LogP) is 2.41. The van der Waals surface area contributed by atoms with Gasteiger partial charge in [0.15, 0.2) is 0 Å². The molecule has 2 aromatic rings. The van der Waals surface area contributed by atoms with E-state index in [2.05, 4.69) is 4.98 Å². The average molecular weight is 235 g/mol. The highest BCUT2D eigenvalue weighted by Crippen LogP contribution is 2.32. The van der Waals surface area contributed by atoms with E-state index in [1.165, 1.54) is 11.3 Å². The van der Waals surface area contributed by atoms with Crippen LogP contribution in [-0.2, 0) is 5.60 Å². The Morgan fingerprint density at radius 2 is 2.25 bits per heavy atom. The zero-order valence-corrected chi connectivity index (χ0v) is 9.99. The first kappa shape index (κ1) is 11.1. The molecule has 1 unspecified atom stereocenters. The smallest absolute Gasteiger partial charge is 0.137 e. The number of aromatic nitrogens is 1. The van der Waals surface area contributed by atoms with Crippen LogP contribution in [0.15, 0.2) is 36.0 Å². The molecule has 2 rings (SSSR count). The van der Waals surface area contributed by atoms with E-state index < -0.39 is 5.60 Å². The fourth-order valence-electron chi connectivity index (χ4n) is 1.49. The molecule has 2 aromatic heterocycles. The topological polar surface area (TPSA) is 42.4 Å². The third-order valence-corrected chi connectivity index (χ3v) is 3.59. The number of thiophene rings is 1. The minimum atomic E-state index is -1.02. The molecule has 0 aliphatic rings. The van der Waals surface area contributed by atoms with Crippen LogP contribution in [0.5, 0.6) is 5.75 Å². The molecule has 0 saturated heterocycles. The fourth-order valence-corrected chi connectivity index (χ4v) is 2.30. The molecule has 4 heteroatoms. The first-order valence-electron chi connectivity index (χ1n) is 4.90. The van der Waals surface area contributed by atoms with Gasteiger partial charge in [-0.1, -0.05) is 6.07 Å². The average Bonchev–Trinajstić information content (AvgIpc) is 2.83. The summed E-state index contributed by atoms with van der Waals surface area (Å²) in [4.78, 5) is 4.94. The lowest BCUT2D eigenvalue weighted by molar-refractivity contribution is 0.105. The lowest BCUT2D eigenvalue weighted by Gasteiger charge is -2.22. The number of aliphatic hydroxyl groups is 1. The Morgan fingerprint density at radius 1 is 1.44 bits per heavy atom. The van der Waals surface area contributed by atoms with E-state index in [1.807, 2.05) is 17.5 Å². The Kier molecular flexibility index (Phi) is 2.94. The number of methoxy groups -OCH3 is 1. The lowest BCUT2D eigenvalue weighted by Crippen LogP contribution is -2.21. The van der Waals surface area contributed by atoms with E-state index >= 15 is 0 Å². The first-order valence-corrected chi connectivity index (χ1v) is 5.78. The summed E-state index contributed by atoms with van der Waals surface area (Å²) in [6.07, 6.45) is 3.27. The van der Waals surface area contributed by atoms with Crippen LogP contribution in [0.3, 0.4) is 0 Å². The van der Waals surface area contributed by atoms with Crippen LogP contribution in [0.4, 0.5) is 0 Å². The number of nitrogens with zero attached hydrogens (tertiary/aromatic N) is 1. The van der Waals surface area contributed by atoms with Gasteiger partial charge >= 0.3 is 0 Å². The second kappa shape index (κ2) is 4.23. The lowest BCUT2D eigenvalue weighted by atomic mass is 9.96. The van der Waals surface area contributed by atoms with E-state index in [9.17, 15) is 5.11 Å². The molecule has 0 aromatic carbocycles. The van der Waals surface area contributed by atoms with Gasteiger partial charge in [-0.15, -0.1) is 11.3 Å². The highest BCUT2D eigenvalue weighted by atomic mass is 32.1. The molecule has 0 bridgehead atoms. The van der Waals surface area contributed by atoms with Crippen molar-refractivity contribution in [3.8, 4) is 5.75 Å². The van der Waals surface area contributed by atoms with Crippen LogP contribution in [0.25, 0.3) is 0 Å². The Morgan fingerprint density at radius 3 is 2.88 bits per heavy atom. The molecule has 2 heterocycles. The normalized spacial score (nSPS) is 14.4. The van der Waals surface area contributed by atoms with Gasteiger partial charge in [0.2, 0.25) is 0 Å². The summed E-state index contributed by atoms with van der Waals surface area (Å²) >= 11 is 1.52. The van der Waals surface area contributed by atoms with Crippen LogP contribution in [0, 0.1) is 0 Å². The Labute approximate surface area is 98.4 Å². The van der Waals surface area contributed by atoms with Gasteiger partial charge in [0, 0.05) is 16.6 Å². The highest BCUT2D eigenvalue weighted by molar-refractivity contribution is 7.10. The van der Waals surface area contributed by atoms with Crippen molar-refractivity contribution in [3.63, 3.8) is 0 Å². The molecule has 0 spiro atoms. The van der Waals surface area contributed by atoms with Gasteiger partial charge in [-0.2, -0.15) is 0 Å². The summed E-state index contributed by atoms with van der Waals surface area (Å²) in [6, 6.07) is 5.62. The molecule has 1 N–H and O–H groups in total. The second-order valence-electron chi connectivity index (χ2n) is 3.66. The SMILES string of the molecule is COc1cncc(C(C)(O)c2cccs2)c1. The zero-order chi connectivity index (χ0) is 11.6. The molecule has 0 saturated carbocycles. The van der Waals surface area contributed by atoms with E-state index in [0.29, 0.717) is 5.75 Å². The number of pyridine rings is 1. The summed E-state index contributed by atoms with van der Waals surface area (Å²) in [5.41, 5.74) is -0.287. The van der Waals surface area contributed by atoms with Gasteiger partial charge < -0.3 is 9.84 Å². The molecule has 84 valence electrons. The van der Waals surface area contributed by atoms with Gasteiger partial charge in [-0.3, -0.25) is 4.98 Å². The van der Waals surface area contributed by atoms with Crippen LogP contribution in [0.1, 0.15) is 17.4 Å². The van der Waals surface area contributed by atoms with Gasteiger partial charge in [-0.25, -0.2) is 0 Å². The molecule has 0 radical (unpaired) electrons. The Bertz CT molecular complexity index is 466. The first-order chi connectivity index (χ1) is 7.64. The van der Waals surface area contributed by atoms with E-state index in [0.717, 1.165) is 10.4 Å². The van der Waals surface area contributed by atoms with Crippen LogP contribution >= 0.6 is 11.3 Å². The number of rotatable bonds is 3. The van der Waals surface area contributed by atoms with Crippen molar-refractivity contribution in [2.24, 2.45) is 0 Å². The minimum Gasteiger partial charge on any atom is -0.495 e. The zero-order valence-electron chi connectivity index (χ0n) is 9.18. The van der Waals surface area contributed by atoms with Gasteiger partial charge in [0.05, 0.1) is 13.3 Å². The monoisotopic (exact) mass is 235 g/mol. The van der Waals surface area contributed by atoms with Crippen molar-refractivity contribution in [2.45, 2.75) is 12.5 Å². The number of ether oxygens (including phenoxy) is 1. The van der Waals surface area contributed by atoms with Crippen molar-refractivity contribution in [3.05, 3.63) is 46.4 Å². The predicted molar refractivity (Wildman–Crippen MR) is 63.8 cm³/mol. The van der Waals surface area contributed by atoms with Crippen molar-refractivity contribution in [2.75, 3.05) is 7.11 Å². The van der Waals surface area contributed by atoms with Crippen LogP contribution in [-0.4, -0.2) is 17.2 Å². The molecule has 3 nitrogen and oxygen atoms in total.